The van der Waals surface area contributed by atoms with Crippen molar-refractivity contribution in [2.75, 3.05) is 4.72 Å². The first kappa shape index (κ1) is 19.0. The normalized spacial score (nSPS) is 12.0. The zero-order valence-corrected chi connectivity index (χ0v) is 13.8. The lowest BCUT2D eigenvalue weighted by Crippen LogP contribution is -2.16. The zero-order valence-electron chi connectivity index (χ0n) is 12.2. The molecule has 0 amide bonds. The molecule has 2 aromatic carbocycles. The number of hydrogen-bond acceptors (Lipinski definition) is 4. The summed E-state index contributed by atoms with van der Waals surface area (Å²) in [6, 6.07) is 7.13. The lowest BCUT2D eigenvalue weighted by atomic mass is 10.2. The summed E-state index contributed by atoms with van der Waals surface area (Å²) >= 11 is 5.74. The number of non-ortho nitro benzene ring substituents is 1. The van der Waals surface area contributed by atoms with E-state index in [2.05, 4.69) is 0 Å². The molecule has 0 saturated heterocycles. The number of nitrogens with zero attached hydrogens (tertiary/aromatic N) is 1. The minimum Gasteiger partial charge on any atom is -0.282 e. The Morgan fingerprint density at radius 1 is 1.16 bits per heavy atom. The minimum absolute atomic E-state index is 0.102. The number of benzene rings is 2. The van der Waals surface area contributed by atoms with Gasteiger partial charge in [0.2, 0.25) is 10.0 Å². The summed E-state index contributed by atoms with van der Waals surface area (Å²) in [6.07, 6.45) is -4.66. The summed E-state index contributed by atoms with van der Waals surface area (Å²) in [5, 5.41) is 10.5. The van der Waals surface area contributed by atoms with Crippen molar-refractivity contribution in [3.8, 4) is 0 Å². The Balaban J connectivity index is 2.27. The second-order valence-corrected chi connectivity index (χ2v) is 7.11. The van der Waals surface area contributed by atoms with Crippen LogP contribution < -0.4 is 4.72 Å². The summed E-state index contributed by atoms with van der Waals surface area (Å²) in [7, 11) is -4.14. The van der Waals surface area contributed by atoms with Crippen molar-refractivity contribution < 1.29 is 26.5 Å². The number of alkyl halides is 3. The fourth-order valence-electron chi connectivity index (χ4n) is 1.96. The average Bonchev–Trinajstić information content (AvgIpc) is 2.47. The second-order valence-electron chi connectivity index (χ2n) is 4.98. The van der Waals surface area contributed by atoms with Gasteiger partial charge in [-0.1, -0.05) is 23.7 Å². The highest BCUT2D eigenvalue weighted by atomic mass is 35.5. The number of sulfonamides is 1. The molecule has 134 valence electrons. The molecule has 6 nitrogen and oxygen atoms in total. The summed E-state index contributed by atoms with van der Waals surface area (Å²) < 4.78 is 64.4. The molecule has 11 heteroatoms. The first-order chi connectivity index (χ1) is 11.5. The van der Waals surface area contributed by atoms with Crippen molar-refractivity contribution in [2.45, 2.75) is 11.9 Å². The van der Waals surface area contributed by atoms with Crippen LogP contribution in [0.4, 0.5) is 24.5 Å². The third-order valence-electron chi connectivity index (χ3n) is 3.04. The molecule has 0 heterocycles. The van der Waals surface area contributed by atoms with E-state index in [0.29, 0.717) is 6.07 Å². The molecular formula is C14H10ClF3N2O4S. The van der Waals surface area contributed by atoms with Crippen LogP contribution in [0, 0.1) is 10.1 Å². The molecule has 1 N–H and O–H groups in total. The number of nitro groups is 1. The Labute approximate surface area is 145 Å². The van der Waals surface area contributed by atoms with Crippen LogP contribution in [0.25, 0.3) is 0 Å². The van der Waals surface area contributed by atoms with Gasteiger partial charge in [0.05, 0.1) is 26.9 Å². The van der Waals surface area contributed by atoms with Crippen LogP contribution in [0.2, 0.25) is 5.02 Å². The number of nitro benzene ring substituents is 1. The zero-order chi connectivity index (χ0) is 18.8. The monoisotopic (exact) mass is 394 g/mol. The fraction of sp³-hybridized carbons (Fsp3) is 0.143. The van der Waals surface area contributed by atoms with Crippen LogP contribution in [0.3, 0.4) is 0 Å². The van der Waals surface area contributed by atoms with Crippen LogP contribution in [-0.4, -0.2) is 13.3 Å². The van der Waals surface area contributed by atoms with Gasteiger partial charge in [-0.3, -0.25) is 14.8 Å². The Morgan fingerprint density at radius 3 is 2.44 bits per heavy atom. The summed E-state index contributed by atoms with van der Waals surface area (Å²) in [5.41, 5.74) is -1.69. The van der Waals surface area contributed by atoms with Gasteiger partial charge in [-0.25, -0.2) is 8.42 Å². The van der Waals surface area contributed by atoms with Gasteiger partial charge in [0.1, 0.15) is 0 Å². The highest BCUT2D eigenvalue weighted by Crippen LogP contribution is 2.34. The van der Waals surface area contributed by atoms with Crippen molar-refractivity contribution in [3.63, 3.8) is 0 Å². The van der Waals surface area contributed by atoms with Gasteiger partial charge in [0.25, 0.3) is 5.69 Å². The van der Waals surface area contributed by atoms with Gasteiger partial charge in [-0.05, 0) is 23.8 Å². The summed E-state index contributed by atoms with van der Waals surface area (Å²) in [6.45, 7) is 0. The van der Waals surface area contributed by atoms with Gasteiger partial charge < -0.3 is 0 Å². The van der Waals surface area contributed by atoms with Gasteiger partial charge in [0, 0.05) is 12.1 Å². The SMILES string of the molecule is O=[N+]([O-])c1cccc(CS(=O)(=O)Nc2cc(C(F)(F)F)ccc2Cl)c1. The van der Waals surface area contributed by atoms with Crippen molar-refractivity contribution in [1.29, 1.82) is 0 Å². The van der Waals surface area contributed by atoms with E-state index in [1.807, 2.05) is 4.72 Å². The molecule has 25 heavy (non-hydrogen) atoms. The van der Waals surface area contributed by atoms with Crippen LogP contribution in [-0.2, 0) is 22.0 Å². The highest BCUT2D eigenvalue weighted by Gasteiger charge is 2.31. The first-order valence-corrected chi connectivity index (χ1v) is 8.61. The largest absolute Gasteiger partial charge is 0.416 e. The van der Waals surface area contributed by atoms with Gasteiger partial charge in [0.15, 0.2) is 0 Å². The molecule has 0 aromatic heterocycles. The molecule has 0 aliphatic carbocycles. The van der Waals surface area contributed by atoms with E-state index < -0.39 is 38.1 Å². The lowest BCUT2D eigenvalue weighted by Gasteiger charge is -2.13. The van der Waals surface area contributed by atoms with E-state index in [4.69, 9.17) is 11.6 Å². The van der Waals surface area contributed by atoms with E-state index >= 15 is 0 Å². The Bertz CT molecular complexity index is 917. The van der Waals surface area contributed by atoms with E-state index in [1.54, 1.807) is 0 Å². The second kappa shape index (κ2) is 6.89. The van der Waals surface area contributed by atoms with Crippen LogP contribution in [0.5, 0.6) is 0 Å². The number of hydrogen-bond donors (Lipinski definition) is 1. The average molecular weight is 395 g/mol. The van der Waals surface area contributed by atoms with E-state index in [-0.39, 0.29) is 16.3 Å². The number of rotatable bonds is 5. The molecule has 0 atom stereocenters. The van der Waals surface area contributed by atoms with Gasteiger partial charge in [-0.15, -0.1) is 0 Å². The smallest absolute Gasteiger partial charge is 0.282 e. The molecule has 0 unspecified atom stereocenters. The van der Waals surface area contributed by atoms with E-state index in [9.17, 15) is 31.7 Å². The molecule has 2 aromatic rings. The van der Waals surface area contributed by atoms with Crippen LogP contribution in [0.15, 0.2) is 42.5 Å². The van der Waals surface area contributed by atoms with Crippen LogP contribution >= 0.6 is 11.6 Å². The van der Waals surface area contributed by atoms with Crippen molar-refractivity contribution >= 4 is 33.0 Å². The molecule has 0 bridgehead atoms. The molecular weight excluding hydrogens is 385 g/mol. The maximum Gasteiger partial charge on any atom is 0.416 e. The van der Waals surface area contributed by atoms with E-state index in [1.165, 1.54) is 18.2 Å². The van der Waals surface area contributed by atoms with Crippen molar-refractivity contribution in [1.82, 2.24) is 0 Å². The maximum absolute atomic E-state index is 12.7. The Hall–Kier alpha value is -2.33. The van der Waals surface area contributed by atoms with Crippen molar-refractivity contribution in [2.24, 2.45) is 0 Å². The topological polar surface area (TPSA) is 89.3 Å². The third kappa shape index (κ3) is 5.07. The number of nitrogens with one attached hydrogen (secondary N) is 1. The summed E-state index contributed by atoms with van der Waals surface area (Å²) in [4.78, 5) is 10.0. The maximum atomic E-state index is 12.7. The predicted molar refractivity (Wildman–Crippen MR) is 85.8 cm³/mol. The van der Waals surface area contributed by atoms with Crippen LogP contribution in [0.1, 0.15) is 11.1 Å². The molecule has 0 saturated carbocycles. The van der Waals surface area contributed by atoms with E-state index in [0.717, 1.165) is 18.2 Å². The Kier molecular flexibility index (Phi) is 5.23. The number of halogens is 4. The molecule has 0 radical (unpaired) electrons. The molecule has 2 rings (SSSR count). The third-order valence-corrected chi connectivity index (χ3v) is 4.61. The van der Waals surface area contributed by atoms with Gasteiger partial charge >= 0.3 is 6.18 Å². The predicted octanol–water partition coefficient (Wildman–Crippen LogP) is 4.21. The fourth-order valence-corrected chi connectivity index (χ4v) is 3.38. The molecule has 0 aliphatic rings. The molecule has 0 spiro atoms. The lowest BCUT2D eigenvalue weighted by molar-refractivity contribution is -0.384. The molecule has 0 fully saturated rings. The first-order valence-electron chi connectivity index (χ1n) is 6.58. The van der Waals surface area contributed by atoms with Crippen molar-refractivity contribution in [3.05, 3.63) is 68.7 Å². The Morgan fingerprint density at radius 2 is 1.84 bits per heavy atom. The quantitative estimate of drug-likeness (QED) is 0.607. The standard InChI is InChI=1S/C14H10ClF3N2O4S/c15-12-5-4-10(14(16,17)18)7-13(12)19-25(23,24)8-9-2-1-3-11(6-9)20(21)22/h1-7,19H,8H2. The summed E-state index contributed by atoms with van der Waals surface area (Å²) in [5.74, 6) is -0.665. The molecule has 0 aliphatic heterocycles. The minimum atomic E-state index is -4.66. The number of anilines is 1. The highest BCUT2D eigenvalue weighted by molar-refractivity contribution is 7.91. The van der Waals surface area contributed by atoms with Gasteiger partial charge in [-0.2, -0.15) is 13.2 Å².